The van der Waals surface area contributed by atoms with Gasteiger partial charge < -0.3 is 10.6 Å². The van der Waals surface area contributed by atoms with Crippen molar-refractivity contribution >= 4 is 5.91 Å². The highest BCUT2D eigenvalue weighted by Crippen LogP contribution is 2.29. The van der Waals surface area contributed by atoms with Crippen LogP contribution in [0.2, 0.25) is 0 Å². The molecule has 112 valence electrons. The highest BCUT2D eigenvalue weighted by atomic mass is 16.2. The van der Waals surface area contributed by atoms with Crippen LogP contribution >= 0.6 is 0 Å². The van der Waals surface area contributed by atoms with E-state index in [-0.39, 0.29) is 5.91 Å². The second-order valence-electron chi connectivity index (χ2n) is 6.12. The molecule has 0 radical (unpaired) electrons. The fourth-order valence-corrected chi connectivity index (χ4v) is 2.42. The van der Waals surface area contributed by atoms with Gasteiger partial charge in [0.2, 0.25) is 0 Å². The Bertz CT molecular complexity index is 577. The van der Waals surface area contributed by atoms with Gasteiger partial charge in [-0.1, -0.05) is 31.8 Å². The van der Waals surface area contributed by atoms with Gasteiger partial charge in [-0.3, -0.25) is 4.79 Å². The number of aryl methyl sites for hydroxylation is 1. The van der Waals surface area contributed by atoms with Crippen molar-refractivity contribution in [1.29, 1.82) is 0 Å². The Morgan fingerprint density at radius 2 is 2.14 bits per heavy atom. The minimum absolute atomic E-state index is 0.139. The minimum atomic E-state index is 0.139. The standard InChI is InChI=1S/C18H24N2O/c1-13(2)12-20(16-8-9-16)18(21)17-11-15(5-4-10-19)7-6-14(17)3/h6-7,11,13,16H,8-10,12,19H2,1-3H3. The van der Waals surface area contributed by atoms with Gasteiger partial charge in [-0.15, -0.1) is 0 Å². The predicted octanol–water partition coefficient (Wildman–Crippen LogP) is 2.57. The van der Waals surface area contributed by atoms with Crippen molar-refractivity contribution < 1.29 is 4.79 Å². The van der Waals surface area contributed by atoms with E-state index < -0.39 is 0 Å². The average molecular weight is 284 g/mol. The summed E-state index contributed by atoms with van der Waals surface area (Å²) in [6.45, 7) is 7.44. The molecule has 2 N–H and O–H groups in total. The second-order valence-corrected chi connectivity index (χ2v) is 6.12. The van der Waals surface area contributed by atoms with Crippen molar-refractivity contribution in [2.24, 2.45) is 11.7 Å². The third-order valence-electron chi connectivity index (χ3n) is 3.61. The average Bonchev–Trinajstić information content (AvgIpc) is 3.27. The molecule has 1 amide bonds. The van der Waals surface area contributed by atoms with Crippen LogP contribution in [0.1, 0.15) is 48.2 Å². The zero-order valence-corrected chi connectivity index (χ0v) is 13.1. The molecule has 0 aromatic heterocycles. The van der Waals surface area contributed by atoms with Crippen LogP contribution in [-0.4, -0.2) is 29.9 Å². The lowest BCUT2D eigenvalue weighted by atomic mass is 10.0. The highest BCUT2D eigenvalue weighted by molar-refractivity contribution is 5.96. The Morgan fingerprint density at radius 3 is 2.71 bits per heavy atom. The summed E-state index contributed by atoms with van der Waals surface area (Å²) >= 11 is 0. The first kappa shape index (κ1) is 15.6. The summed E-state index contributed by atoms with van der Waals surface area (Å²) in [5, 5.41) is 0. The summed E-state index contributed by atoms with van der Waals surface area (Å²) in [6, 6.07) is 6.24. The fraction of sp³-hybridized carbons (Fsp3) is 0.500. The normalized spacial score (nSPS) is 13.8. The Balaban J connectivity index is 2.27. The molecule has 21 heavy (non-hydrogen) atoms. The maximum atomic E-state index is 12.9. The second kappa shape index (κ2) is 6.78. The van der Waals surface area contributed by atoms with Crippen molar-refractivity contribution in [3.63, 3.8) is 0 Å². The van der Waals surface area contributed by atoms with Gasteiger partial charge in [0.05, 0.1) is 6.54 Å². The number of benzene rings is 1. The molecule has 2 rings (SSSR count). The first-order chi connectivity index (χ1) is 10.0. The SMILES string of the molecule is Cc1ccc(C#CCN)cc1C(=O)N(CC(C)C)C1CC1. The zero-order valence-electron chi connectivity index (χ0n) is 13.1. The first-order valence-corrected chi connectivity index (χ1v) is 7.63. The van der Waals surface area contributed by atoms with E-state index in [2.05, 4.69) is 25.7 Å². The van der Waals surface area contributed by atoms with Crippen molar-refractivity contribution in [3.8, 4) is 11.8 Å². The molecule has 1 aliphatic rings. The van der Waals surface area contributed by atoms with Crippen LogP contribution in [0.5, 0.6) is 0 Å². The number of nitrogens with two attached hydrogens (primary N) is 1. The Kier molecular flexibility index (Phi) is 5.03. The monoisotopic (exact) mass is 284 g/mol. The molecule has 0 aliphatic heterocycles. The molecular weight excluding hydrogens is 260 g/mol. The van der Waals surface area contributed by atoms with Gasteiger partial charge in [0, 0.05) is 23.7 Å². The van der Waals surface area contributed by atoms with Gasteiger partial charge in [0.25, 0.3) is 5.91 Å². The third kappa shape index (κ3) is 4.09. The van der Waals surface area contributed by atoms with Gasteiger partial charge >= 0.3 is 0 Å². The van der Waals surface area contributed by atoms with E-state index in [0.29, 0.717) is 18.5 Å². The lowest BCUT2D eigenvalue weighted by Gasteiger charge is -2.25. The van der Waals surface area contributed by atoms with Crippen LogP contribution in [0.4, 0.5) is 0 Å². The van der Waals surface area contributed by atoms with Crippen molar-refractivity contribution in [2.75, 3.05) is 13.1 Å². The van der Waals surface area contributed by atoms with Crippen molar-refractivity contribution in [1.82, 2.24) is 4.90 Å². The van der Waals surface area contributed by atoms with E-state index in [4.69, 9.17) is 5.73 Å². The molecular formula is C18H24N2O. The third-order valence-corrected chi connectivity index (χ3v) is 3.61. The van der Waals surface area contributed by atoms with Gasteiger partial charge in [0.15, 0.2) is 0 Å². The molecule has 0 spiro atoms. The summed E-state index contributed by atoms with van der Waals surface area (Å²) in [5.41, 5.74) is 8.04. The summed E-state index contributed by atoms with van der Waals surface area (Å²) in [7, 11) is 0. The fourth-order valence-electron chi connectivity index (χ4n) is 2.42. The van der Waals surface area contributed by atoms with Gasteiger partial charge in [-0.25, -0.2) is 0 Å². The van der Waals surface area contributed by atoms with E-state index in [0.717, 1.165) is 36.1 Å². The lowest BCUT2D eigenvalue weighted by molar-refractivity contribution is 0.0721. The van der Waals surface area contributed by atoms with Crippen LogP contribution in [0, 0.1) is 24.7 Å². The van der Waals surface area contributed by atoms with Crippen molar-refractivity contribution in [2.45, 2.75) is 39.7 Å². The molecule has 0 atom stereocenters. The number of nitrogens with zero attached hydrogens (tertiary/aromatic N) is 1. The largest absolute Gasteiger partial charge is 0.335 e. The van der Waals surface area contributed by atoms with Gasteiger partial charge in [0.1, 0.15) is 0 Å². The maximum Gasteiger partial charge on any atom is 0.254 e. The van der Waals surface area contributed by atoms with Gasteiger partial charge in [-0.05, 0) is 43.4 Å². The minimum Gasteiger partial charge on any atom is -0.335 e. The van der Waals surface area contributed by atoms with Crippen molar-refractivity contribution in [3.05, 3.63) is 34.9 Å². The molecule has 0 bridgehead atoms. The quantitative estimate of drug-likeness (QED) is 0.864. The molecule has 1 aromatic rings. The Hall–Kier alpha value is -1.79. The summed E-state index contributed by atoms with van der Waals surface area (Å²) < 4.78 is 0. The topological polar surface area (TPSA) is 46.3 Å². The van der Waals surface area contributed by atoms with Crippen LogP contribution in [0.3, 0.4) is 0 Å². The first-order valence-electron chi connectivity index (χ1n) is 7.63. The lowest BCUT2D eigenvalue weighted by Crippen LogP contribution is -2.36. The van der Waals surface area contributed by atoms with E-state index in [1.807, 2.05) is 30.0 Å². The highest BCUT2D eigenvalue weighted by Gasteiger charge is 2.33. The number of carbonyl (C=O) groups excluding carboxylic acids is 1. The maximum absolute atomic E-state index is 12.9. The van der Waals surface area contributed by atoms with Crippen LogP contribution in [0.25, 0.3) is 0 Å². The molecule has 1 saturated carbocycles. The molecule has 1 aliphatic carbocycles. The number of amides is 1. The summed E-state index contributed by atoms with van der Waals surface area (Å²) in [5.74, 6) is 6.47. The molecule has 0 saturated heterocycles. The molecule has 3 heteroatoms. The molecule has 1 fully saturated rings. The molecule has 3 nitrogen and oxygen atoms in total. The van der Waals surface area contributed by atoms with E-state index in [1.165, 1.54) is 0 Å². The molecule has 0 heterocycles. The van der Waals surface area contributed by atoms with Gasteiger partial charge in [-0.2, -0.15) is 0 Å². The van der Waals surface area contributed by atoms with E-state index >= 15 is 0 Å². The predicted molar refractivity (Wildman–Crippen MR) is 86.0 cm³/mol. The number of rotatable bonds is 4. The smallest absolute Gasteiger partial charge is 0.254 e. The molecule has 1 aromatic carbocycles. The number of hydrogen-bond donors (Lipinski definition) is 1. The Labute approximate surface area is 127 Å². The zero-order chi connectivity index (χ0) is 15.4. The van der Waals surface area contributed by atoms with Crippen LogP contribution < -0.4 is 5.73 Å². The van der Waals surface area contributed by atoms with Crippen LogP contribution in [0.15, 0.2) is 18.2 Å². The molecule has 0 unspecified atom stereocenters. The van der Waals surface area contributed by atoms with Crippen LogP contribution in [-0.2, 0) is 0 Å². The van der Waals surface area contributed by atoms with E-state index in [9.17, 15) is 4.79 Å². The summed E-state index contributed by atoms with van der Waals surface area (Å²) in [6.07, 6.45) is 2.26. The Morgan fingerprint density at radius 1 is 1.43 bits per heavy atom. The summed E-state index contributed by atoms with van der Waals surface area (Å²) in [4.78, 5) is 14.9. The number of hydrogen-bond acceptors (Lipinski definition) is 2. The number of carbonyl (C=O) groups is 1. The van der Waals surface area contributed by atoms with E-state index in [1.54, 1.807) is 0 Å².